The van der Waals surface area contributed by atoms with Gasteiger partial charge in [0.05, 0.1) is 0 Å². The molecule has 3 aromatic carbocycles. The van der Waals surface area contributed by atoms with Crippen LogP contribution in [0.15, 0.2) is 79.0 Å². The zero-order valence-corrected chi connectivity index (χ0v) is 32.1. The van der Waals surface area contributed by atoms with Gasteiger partial charge in [-0.1, -0.05) is 116 Å². The number of ether oxygens (including phenoxy) is 1. The van der Waals surface area contributed by atoms with E-state index in [1.165, 1.54) is 45.6 Å². The molecule has 5 heteroatoms. The predicted molar refractivity (Wildman–Crippen MR) is 208 cm³/mol. The highest BCUT2D eigenvalue weighted by molar-refractivity contribution is 5.71. The molecule has 48 heavy (non-hydrogen) atoms. The summed E-state index contributed by atoms with van der Waals surface area (Å²) >= 11 is 0. The summed E-state index contributed by atoms with van der Waals surface area (Å²) in [5.74, 6) is 0.690. The van der Waals surface area contributed by atoms with Crippen molar-refractivity contribution in [2.45, 2.75) is 127 Å². The Morgan fingerprint density at radius 1 is 0.917 bits per heavy atom. The molecule has 1 heterocycles. The number of carbonyl (C=O) groups excluding carboxylic acids is 1. The summed E-state index contributed by atoms with van der Waals surface area (Å²) in [6.07, 6.45) is 3.94. The van der Waals surface area contributed by atoms with Crippen molar-refractivity contribution in [3.8, 4) is 11.1 Å². The van der Waals surface area contributed by atoms with E-state index < -0.39 is 5.60 Å². The number of amides is 1. The SMILES string of the molecule is C=C1CC(CC)CN1c1ccc(-c2ccc(CN(CC(CC)NCc3ccc(CC)cc3)C(=O)OC(C)(C)C)cc2)cc1C.CC.CC. The normalized spacial score (nSPS) is 14.8. The maximum Gasteiger partial charge on any atom is 0.410 e. The smallest absolute Gasteiger partial charge is 0.410 e. The number of rotatable bonds is 12. The molecule has 1 amide bonds. The molecule has 0 aliphatic carbocycles. The topological polar surface area (TPSA) is 44.8 Å². The first-order valence-corrected chi connectivity index (χ1v) is 18.4. The summed E-state index contributed by atoms with van der Waals surface area (Å²) in [5.41, 5.74) is 9.22. The van der Waals surface area contributed by atoms with Crippen molar-refractivity contribution in [2.75, 3.05) is 18.0 Å². The summed E-state index contributed by atoms with van der Waals surface area (Å²) in [6.45, 7) is 29.8. The lowest BCUT2D eigenvalue weighted by Crippen LogP contribution is -2.44. The lowest BCUT2D eigenvalue weighted by molar-refractivity contribution is 0.0213. The number of nitrogens with one attached hydrogen (secondary N) is 1. The van der Waals surface area contributed by atoms with Crippen LogP contribution in [0.5, 0.6) is 0 Å². The van der Waals surface area contributed by atoms with Gasteiger partial charge in [0.25, 0.3) is 0 Å². The minimum absolute atomic E-state index is 0.147. The third-order valence-electron chi connectivity index (χ3n) is 8.68. The van der Waals surface area contributed by atoms with E-state index in [0.29, 0.717) is 19.0 Å². The van der Waals surface area contributed by atoms with Crippen molar-refractivity contribution < 1.29 is 9.53 Å². The molecule has 1 N–H and O–H groups in total. The van der Waals surface area contributed by atoms with Gasteiger partial charge in [0, 0.05) is 43.6 Å². The van der Waals surface area contributed by atoms with Crippen LogP contribution in [0.25, 0.3) is 11.1 Å². The summed E-state index contributed by atoms with van der Waals surface area (Å²) in [7, 11) is 0. The van der Waals surface area contributed by atoms with Crippen molar-refractivity contribution in [3.05, 3.63) is 101 Å². The molecule has 0 aromatic heterocycles. The highest BCUT2D eigenvalue weighted by Crippen LogP contribution is 2.36. The average molecular weight is 656 g/mol. The molecule has 4 rings (SSSR count). The molecule has 1 fully saturated rings. The monoisotopic (exact) mass is 656 g/mol. The molecule has 2 atom stereocenters. The first-order valence-electron chi connectivity index (χ1n) is 18.4. The lowest BCUT2D eigenvalue weighted by atomic mass is 10.0. The molecule has 3 aromatic rings. The van der Waals surface area contributed by atoms with Crippen LogP contribution < -0.4 is 10.2 Å². The van der Waals surface area contributed by atoms with Crippen LogP contribution in [0.2, 0.25) is 0 Å². The van der Waals surface area contributed by atoms with Gasteiger partial charge in [-0.25, -0.2) is 4.79 Å². The molecule has 1 saturated heterocycles. The molecule has 0 saturated carbocycles. The van der Waals surface area contributed by atoms with Crippen LogP contribution >= 0.6 is 0 Å². The van der Waals surface area contributed by atoms with Gasteiger partial charge in [-0.3, -0.25) is 0 Å². The molecule has 1 aliphatic heterocycles. The van der Waals surface area contributed by atoms with E-state index in [1.807, 2.05) is 53.4 Å². The Morgan fingerprint density at radius 2 is 1.50 bits per heavy atom. The highest BCUT2D eigenvalue weighted by atomic mass is 16.6. The first kappa shape index (κ1) is 40.6. The van der Waals surface area contributed by atoms with Crippen molar-refractivity contribution >= 4 is 11.8 Å². The largest absolute Gasteiger partial charge is 0.444 e. The van der Waals surface area contributed by atoms with Gasteiger partial charge in [-0.2, -0.15) is 0 Å². The zero-order chi connectivity index (χ0) is 35.9. The number of nitrogens with zero attached hydrogens (tertiary/aromatic N) is 2. The van der Waals surface area contributed by atoms with Crippen LogP contribution in [0.3, 0.4) is 0 Å². The maximum absolute atomic E-state index is 13.4. The Morgan fingerprint density at radius 3 is 2.02 bits per heavy atom. The van der Waals surface area contributed by atoms with Crippen LogP contribution in [0.1, 0.15) is 111 Å². The predicted octanol–water partition coefficient (Wildman–Crippen LogP) is 11.3. The van der Waals surface area contributed by atoms with Crippen LogP contribution in [0.4, 0.5) is 10.5 Å². The van der Waals surface area contributed by atoms with Crippen LogP contribution in [-0.2, 0) is 24.2 Å². The summed E-state index contributed by atoms with van der Waals surface area (Å²) < 4.78 is 5.84. The van der Waals surface area contributed by atoms with Crippen LogP contribution in [0, 0.1) is 12.8 Å². The number of benzene rings is 3. The summed E-state index contributed by atoms with van der Waals surface area (Å²) in [6, 6.07) is 24.2. The average Bonchev–Trinajstić information content (AvgIpc) is 3.47. The Hall–Kier alpha value is -3.57. The van der Waals surface area contributed by atoms with E-state index in [0.717, 1.165) is 37.9 Å². The second kappa shape index (κ2) is 20.1. The third-order valence-corrected chi connectivity index (χ3v) is 8.68. The van der Waals surface area contributed by atoms with Gasteiger partial charge < -0.3 is 19.9 Å². The molecular weight excluding hydrogens is 590 g/mol. The summed E-state index contributed by atoms with van der Waals surface area (Å²) in [5, 5.41) is 3.67. The molecule has 1 aliphatic rings. The van der Waals surface area contributed by atoms with Gasteiger partial charge in [0.15, 0.2) is 0 Å². The molecule has 5 nitrogen and oxygen atoms in total. The summed E-state index contributed by atoms with van der Waals surface area (Å²) in [4.78, 5) is 17.6. The first-order chi connectivity index (χ1) is 23.0. The van der Waals surface area contributed by atoms with E-state index in [1.54, 1.807) is 0 Å². The molecule has 0 bridgehead atoms. The van der Waals surface area contributed by atoms with E-state index in [9.17, 15) is 4.79 Å². The molecular formula is C43H65N3O2. The van der Waals surface area contributed by atoms with E-state index in [2.05, 4.69) is 111 Å². The van der Waals surface area contributed by atoms with Gasteiger partial charge in [0.1, 0.15) is 5.60 Å². The number of carbonyl (C=O) groups is 1. The Labute approximate surface area is 293 Å². The van der Waals surface area contributed by atoms with Crippen molar-refractivity contribution in [1.29, 1.82) is 0 Å². The number of hydrogen-bond acceptors (Lipinski definition) is 4. The lowest BCUT2D eigenvalue weighted by Gasteiger charge is -2.30. The fourth-order valence-electron chi connectivity index (χ4n) is 5.89. The number of anilines is 1. The Bertz CT molecular complexity index is 1390. The minimum atomic E-state index is -0.557. The van der Waals surface area contributed by atoms with E-state index in [-0.39, 0.29) is 12.1 Å². The van der Waals surface area contributed by atoms with Crippen molar-refractivity contribution in [3.63, 3.8) is 0 Å². The number of aryl methyl sites for hydroxylation is 2. The molecule has 2 unspecified atom stereocenters. The molecule has 0 radical (unpaired) electrons. The van der Waals surface area contributed by atoms with Crippen molar-refractivity contribution in [1.82, 2.24) is 10.2 Å². The second-order valence-corrected chi connectivity index (χ2v) is 13.4. The standard InChI is InChI=1S/C39H53N3O2.2C2H6/c1-9-30-12-14-32(15-13-30)24-40-36(11-3)27-41(38(43)44-39(6,7)8)25-33-16-18-34(19-17-33)35-20-21-37(28(4)22-35)42-26-31(10-2)23-29(42)5;2*1-2/h12-22,31,36,40H,5,9-11,23-27H2,1-4,6-8H3;2*1-2H3. The Kier molecular flexibility index (Phi) is 17.0. The van der Waals surface area contributed by atoms with E-state index in [4.69, 9.17) is 4.74 Å². The Balaban J connectivity index is 0.00000193. The fraction of sp³-hybridized carbons (Fsp3) is 0.512. The zero-order valence-electron chi connectivity index (χ0n) is 32.1. The maximum atomic E-state index is 13.4. The quantitative estimate of drug-likeness (QED) is 0.211. The van der Waals surface area contributed by atoms with Gasteiger partial charge >= 0.3 is 6.09 Å². The fourth-order valence-corrected chi connectivity index (χ4v) is 5.89. The van der Waals surface area contributed by atoms with Gasteiger partial charge in [0.2, 0.25) is 0 Å². The molecule has 0 spiro atoms. The number of hydrogen-bond donors (Lipinski definition) is 1. The second-order valence-electron chi connectivity index (χ2n) is 13.4. The van der Waals surface area contributed by atoms with Crippen LogP contribution in [-0.4, -0.2) is 35.7 Å². The van der Waals surface area contributed by atoms with Gasteiger partial charge in [-0.05, 0) is 98.4 Å². The molecule has 264 valence electrons. The minimum Gasteiger partial charge on any atom is -0.444 e. The van der Waals surface area contributed by atoms with Gasteiger partial charge in [-0.15, -0.1) is 0 Å². The third kappa shape index (κ3) is 12.1. The number of allylic oxidation sites excluding steroid dienone is 1. The van der Waals surface area contributed by atoms with E-state index >= 15 is 0 Å². The van der Waals surface area contributed by atoms with Crippen molar-refractivity contribution in [2.24, 2.45) is 5.92 Å². The highest BCUT2D eigenvalue weighted by Gasteiger charge is 2.26.